The SMILES string of the molecule is CCN(CC(=O)N1CCCCC1)S(=O)(=O)c1ccc(OC)c(C)c1. The predicted octanol–water partition coefficient (Wildman–Crippen LogP) is 2.03. The number of rotatable bonds is 6. The van der Waals surface area contributed by atoms with Crippen LogP contribution in [-0.4, -0.2) is 56.8 Å². The number of carbonyl (C=O) groups is 1. The Morgan fingerprint density at radius 3 is 2.46 bits per heavy atom. The van der Waals surface area contributed by atoms with E-state index in [0.717, 1.165) is 37.9 Å². The van der Waals surface area contributed by atoms with Gasteiger partial charge in [-0.3, -0.25) is 4.79 Å². The van der Waals surface area contributed by atoms with E-state index < -0.39 is 10.0 Å². The fourth-order valence-corrected chi connectivity index (χ4v) is 4.41. The lowest BCUT2D eigenvalue weighted by Gasteiger charge is -2.29. The second-order valence-corrected chi connectivity index (χ2v) is 7.94. The molecule has 1 aromatic rings. The monoisotopic (exact) mass is 354 g/mol. The summed E-state index contributed by atoms with van der Waals surface area (Å²) in [6.45, 7) is 5.14. The number of likely N-dealkylation sites (tertiary alicyclic amines) is 1. The number of methoxy groups -OCH3 is 1. The minimum atomic E-state index is -3.70. The van der Waals surface area contributed by atoms with Crippen LogP contribution in [-0.2, 0) is 14.8 Å². The van der Waals surface area contributed by atoms with Crippen molar-refractivity contribution in [2.24, 2.45) is 0 Å². The quantitative estimate of drug-likeness (QED) is 0.784. The molecule has 0 aliphatic carbocycles. The van der Waals surface area contributed by atoms with Crippen LogP contribution < -0.4 is 4.74 Å². The van der Waals surface area contributed by atoms with Gasteiger partial charge in [-0.1, -0.05) is 6.92 Å². The molecule has 0 spiro atoms. The van der Waals surface area contributed by atoms with Gasteiger partial charge in [-0.2, -0.15) is 4.31 Å². The highest BCUT2D eigenvalue weighted by Crippen LogP contribution is 2.24. The van der Waals surface area contributed by atoms with Gasteiger partial charge < -0.3 is 9.64 Å². The Kier molecular flexibility index (Phi) is 6.23. The van der Waals surface area contributed by atoms with Crippen molar-refractivity contribution in [3.8, 4) is 5.75 Å². The van der Waals surface area contributed by atoms with Gasteiger partial charge in [0.15, 0.2) is 0 Å². The molecule has 0 bridgehead atoms. The molecule has 1 aliphatic heterocycles. The molecule has 0 saturated carbocycles. The molecule has 24 heavy (non-hydrogen) atoms. The second-order valence-electron chi connectivity index (χ2n) is 6.00. The van der Waals surface area contributed by atoms with Gasteiger partial charge in [0.1, 0.15) is 5.75 Å². The lowest BCUT2D eigenvalue weighted by molar-refractivity contribution is -0.132. The first kappa shape index (κ1) is 18.7. The number of benzene rings is 1. The molecule has 0 atom stereocenters. The summed E-state index contributed by atoms with van der Waals surface area (Å²) in [4.78, 5) is 14.4. The molecule has 7 heteroatoms. The summed E-state index contributed by atoms with van der Waals surface area (Å²) in [6.07, 6.45) is 3.11. The van der Waals surface area contributed by atoms with Crippen LogP contribution in [0.4, 0.5) is 0 Å². The fourth-order valence-electron chi connectivity index (χ4n) is 2.92. The average Bonchev–Trinajstić information content (AvgIpc) is 2.59. The Labute approximate surface area is 144 Å². The van der Waals surface area contributed by atoms with Crippen molar-refractivity contribution in [1.29, 1.82) is 0 Å². The molecule has 0 unspecified atom stereocenters. The smallest absolute Gasteiger partial charge is 0.243 e. The lowest BCUT2D eigenvalue weighted by atomic mass is 10.1. The van der Waals surface area contributed by atoms with Crippen molar-refractivity contribution in [2.45, 2.75) is 38.0 Å². The second kappa shape index (κ2) is 7.98. The first-order valence-electron chi connectivity index (χ1n) is 8.32. The molecule has 2 rings (SSSR count). The van der Waals surface area contributed by atoms with Crippen molar-refractivity contribution in [1.82, 2.24) is 9.21 Å². The minimum absolute atomic E-state index is 0.107. The summed E-state index contributed by atoms with van der Waals surface area (Å²) in [6, 6.07) is 4.75. The number of nitrogens with zero attached hydrogens (tertiary/aromatic N) is 2. The Morgan fingerprint density at radius 1 is 1.25 bits per heavy atom. The Hall–Kier alpha value is -1.60. The van der Waals surface area contributed by atoms with Crippen LogP contribution in [0.5, 0.6) is 5.75 Å². The van der Waals surface area contributed by atoms with E-state index in [4.69, 9.17) is 4.74 Å². The summed E-state index contributed by atoms with van der Waals surface area (Å²) < 4.78 is 32.1. The number of hydrogen-bond acceptors (Lipinski definition) is 4. The molecule has 0 aromatic heterocycles. The number of ether oxygens (including phenoxy) is 1. The third kappa shape index (κ3) is 4.08. The third-order valence-electron chi connectivity index (χ3n) is 4.38. The van der Waals surface area contributed by atoms with Crippen LogP contribution in [0.15, 0.2) is 23.1 Å². The van der Waals surface area contributed by atoms with E-state index in [1.165, 1.54) is 10.4 Å². The van der Waals surface area contributed by atoms with E-state index in [0.29, 0.717) is 5.75 Å². The average molecular weight is 354 g/mol. The summed E-state index contributed by atoms with van der Waals surface area (Å²) in [5, 5.41) is 0. The van der Waals surface area contributed by atoms with Gasteiger partial charge in [0, 0.05) is 19.6 Å². The van der Waals surface area contributed by atoms with Gasteiger partial charge >= 0.3 is 0 Å². The highest BCUT2D eigenvalue weighted by atomic mass is 32.2. The molecule has 1 amide bonds. The highest BCUT2D eigenvalue weighted by molar-refractivity contribution is 7.89. The van der Waals surface area contributed by atoms with Crippen molar-refractivity contribution >= 4 is 15.9 Å². The first-order valence-corrected chi connectivity index (χ1v) is 9.76. The number of aryl methyl sites for hydroxylation is 1. The predicted molar refractivity (Wildman–Crippen MR) is 92.6 cm³/mol. The van der Waals surface area contributed by atoms with Crippen LogP contribution in [0.3, 0.4) is 0 Å². The summed E-state index contributed by atoms with van der Waals surface area (Å²) in [5.74, 6) is 0.520. The Bertz CT molecular complexity index is 682. The van der Waals surface area contributed by atoms with Gasteiger partial charge in [-0.25, -0.2) is 8.42 Å². The van der Waals surface area contributed by atoms with Crippen LogP contribution in [0.25, 0.3) is 0 Å². The Balaban J connectivity index is 2.18. The van der Waals surface area contributed by atoms with Crippen molar-refractivity contribution in [3.63, 3.8) is 0 Å². The molecule has 1 heterocycles. The number of likely N-dealkylation sites (N-methyl/N-ethyl adjacent to an activating group) is 1. The molecule has 1 fully saturated rings. The number of sulfonamides is 1. The lowest BCUT2D eigenvalue weighted by Crippen LogP contribution is -2.44. The van der Waals surface area contributed by atoms with Gasteiger partial charge in [0.05, 0.1) is 18.6 Å². The number of carbonyl (C=O) groups excluding carboxylic acids is 1. The van der Waals surface area contributed by atoms with Gasteiger partial charge in [0.2, 0.25) is 15.9 Å². The van der Waals surface area contributed by atoms with Crippen molar-refractivity contribution in [3.05, 3.63) is 23.8 Å². The van der Waals surface area contributed by atoms with Crippen molar-refractivity contribution < 1.29 is 17.9 Å². The maximum absolute atomic E-state index is 12.8. The van der Waals surface area contributed by atoms with Crippen molar-refractivity contribution in [2.75, 3.05) is 33.3 Å². The first-order chi connectivity index (χ1) is 11.4. The number of hydrogen-bond donors (Lipinski definition) is 0. The topological polar surface area (TPSA) is 66.9 Å². The molecular formula is C17H26N2O4S. The van der Waals surface area contributed by atoms with Crippen LogP contribution >= 0.6 is 0 Å². The summed E-state index contributed by atoms with van der Waals surface area (Å²) in [7, 11) is -2.15. The van der Waals surface area contributed by atoms with Crippen LogP contribution in [0.2, 0.25) is 0 Å². The molecule has 1 aromatic carbocycles. The van der Waals surface area contributed by atoms with E-state index in [1.54, 1.807) is 38.0 Å². The molecule has 1 saturated heterocycles. The normalized spacial score (nSPS) is 15.6. The summed E-state index contributed by atoms with van der Waals surface area (Å²) in [5.41, 5.74) is 0.747. The van der Waals surface area contributed by atoms with E-state index in [1.807, 2.05) is 0 Å². The molecule has 6 nitrogen and oxygen atoms in total. The third-order valence-corrected chi connectivity index (χ3v) is 6.29. The molecule has 1 aliphatic rings. The molecule has 0 N–H and O–H groups in total. The molecular weight excluding hydrogens is 328 g/mol. The van der Waals surface area contributed by atoms with Gasteiger partial charge in [-0.15, -0.1) is 0 Å². The summed E-state index contributed by atoms with van der Waals surface area (Å²) >= 11 is 0. The number of amides is 1. The molecule has 0 radical (unpaired) electrons. The van der Waals surface area contributed by atoms with Gasteiger partial charge in [-0.05, 0) is 49.9 Å². The zero-order valence-corrected chi connectivity index (χ0v) is 15.4. The zero-order chi connectivity index (χ0) is 17.7. The zero-order valence-electron chi connectivity index (χ0n) is 14.6. The fraction of sp³-hybridized carbons (Fsp3) is 0.588. The maximum Gasteiger partial charge on any atom is 0.243 e. The van der Waals surface area contributed by atoms with E-state index >= 15 is 0 Å². The van der Waals surface area contributed by atoms with E-state index in [9.17, 15) is 13.2 Å². The number of piperidine rings is 1. The van der Waals surface area contributed by atoms with E-state index in [2.05, 4.69) is 0 Å². The highest BCUT2D eigenvalue weighted by Gasteiger charge is 2.28. The van der Waals surface area contributed by atoms with E-state index in [-0.39, 0.29) is 23.9 Å². The van der Waals surface area contributed by atoms with Crippen LogP contribution in [0, 0.1) is 6.92 Å². The maximum atomic E-state index is 12.8. The standard InChI is InChI=1S/C17H26N2O4S/c1-4-19(13-17(20)18-10-6-5-7-11-18)24(21,22)15-8-9-16(23-3)14(2)12-15/h8-9,12H,4-7,10-11,13H2,1-3H3. The minimum Gasteiger partial charge on any atom is -0.496 e. The Morgan fingerprint density at radius 2 is 1.92 bits per heavy atom. The van der Waals surface area contributed by atoms with Crippen LogP contribution in [0.1, 0.15) is 31.7 Å². The largest absolute Gasteiger partial charge is 0.496 e. The van der Waals surface area contributed by atoms with Gasteiger partial charge in [0.25, 0.3) is 0 Å². The molecule has 134 valence electrons.